The topological polar surface area (TPSA) is 46.0 Å². The smallest absolute Gasteiger partial charge is 0.127 e. The fourth-order valence-corrected chi connectivity index (χ4v) is 2.47. The van der Waals surface area contributed by atoms with Gasteiger partial charge in [-0.25, -0.2) is 9.37 Å². The molecule has 0 bridgehead atoms. The van der Waals surface area contributed by atoms with Crippen molar-refractivity contribution in [3.63, 3.8) is 0 Å². The molecule has 0 aliphatic heterocycles. The van der Waals surface area contributed by atoms with Crippen molar-refractivity contribution in [2.45, 2.75) is 12.5 Å². The molecule has 1 heterocycles. The third kappa shape index (κ3) is 3.09. The summed E-state index contributed by atoms with van der Waals surface area (Å²) >= 11 is 3.21. The number of rotatable bonds is 3. The Kier molecular flexibility index (Phi) is 3.94. The number of aromatic nitrogens is 2. The first-order valence-corrected chi connectivity index (χ1v) is 7.26. The maximum absolute atomic E-state index is 13.8. The maximum atomic E-state index is 13.8. The van der Waals surface area contributed by atoms with E-state index < -0.39 is 6.10 Å². The van der Waals surface area contributed by atoms with E-state index in [4.69, 9.17) is 0 Å². The number of benzene rings is 2. The van der Waals surface area contributed by atoms with Crippen molar-refractivity contribution in [2.75, 3.05) is 0 Å². The summed E-state index contributed by atoms with van der Waals surface area (Å²) in [6, 6.07) is 12.2. The zero-order valence-corrected chi connectivity index (χ0v) is 12.6. The second-order valence-electron chi connectivity index (χ2n) is 4.74. The van der Waals surface area contributed by atoms with E-state index in [-0.39, 0.29) is 12.2 Å². The van der Waals surface area contributed by atoms with Crippen LogP contribution in [0.25, 0.3) is 11.0 Å². The van der Waals surface area contributed by atoms with Crippen LogP contribution in [0.3, 0.4) is 0 Å². The molecule has 1 N–H and O–H groups in total. The monoisotopic (exact) mass is 346 g/mol. The minimum atomic E-state index is -0.891. The lowest BCUT2D eigenvalue weighted by Gasteiger charge is -2.11. The molecule has 0 amide bonds. The number of nitrogens with zero attached hydrogens (tertiary/aromatic N) is 2. The molecule has 106 valence electrons. The van der Waals surface area contributed by atoms with Gasteiger partial charge < -0.3 is 5.11 Å². The standard InChI is InChI=1S/C16H12BrFN2O/c17-11-6-5-10(12(18)8-11)7-16(21)15-9-19-13-3-1-2-4-14(13)20-15/h1-6,8-9,16,21H,7H2. The fraction of sp³-hybridized carbons (Fsp3) is 0.125. The largest absolute Gasteiger partial charge is 0.386 e. The van der Waals surface area contributed by atoms with Gasteiger partial charge in [-0.15, -0.1) is 0 Å². The Labute approximate surface area is 129 Å². The van der Waals surface area contributed by atoms with E-state index in [1.807, 2.05) is 24.3 Å². The minimum absolute atomic E-state index is 0.159. The Balaban J connectivity index is 1.87. The van der Waals surface area contributed by atoms with E-state index in [9.17, 15) is 9.50 Å². The summed E-state index contributed by atoms with van der Waals surface area (Å²) in [7, 11) is 0. The molecule has 0 aliphatic carbocycles. The van der Waals surface area contributed by atoms with Crippen molar-refractivity contribution < 1.29 is 9.50 Å². The van der Waals surface area contributed by atoms with E-state index in [0.29, 0.717) is 21.2 Å². The van der Waals surface area contributed by atoms with Gasteiger partial charge in [0.25, 0.3) is 0 Å². The van der Waals surface area contributed by atoms with E-state index in [1.165, 1.54) is 12.3 Å². The molecular weight excluding hydrogens is 335 g/mol. The summed E-state index contributed by atoms with van der Waals surface area (Å²) in [5.74, 6) is -0.350. The van der Waals surface area contributed by atoms with Gasteiger partial charge in [0, 0.05) is 10.9 Å². The number of halogens is 2. The Bertz CT molecular complexity index is 794. The normalized spacial score (nSPS) is 12.5. The Morgan fingerprint density at radius 3 is 2.67 bits per heavy atom. The molecule has 1 atom stereocenters. The minimum Gasteiger partial charge on any atom is -0.386 e. The summed E-state index contributed by atoms with van der Waals surface area (Å²) in [5, 5.41) is 10.2. The predicted octanol–water partition coefficient (Wildman–Crippen LogP) is 3.81. The van der Waals surface area contributed by atoms with Gasteiger partial charge in [0.15, 0.2) is 0 Å². The molecule has 0 saturated heterocycles. The molecule has 1 aromatic heterocycles. The summed E-state index contributed by atoms with van der Waals surface area (Å²) in [4.78, 5) is 8.63. The highest BCUT2D eigenvalue weighted by Crippen LogP contribution is 2.22. The summed E-state index contributed by atoms with van der Waals surface area (Å²) in [6.07, 6.45) is 0.799. The number of aliphatic hydroxyl groups excluding tert-OH is 1. The molecule has 0 saturated carbocycles. The molecule has 0 fully saturated rings. The van der Waals surface area contributed by atoms with Crippen molar-refractivity contribution in [3.8, 4) is 0 Å². The molecule has 5 heteroatoms. The maximum Gasteiger partial charge on any atom is 0.127 e. The van der Waals surface area contributed by atoms with Gasteiger partial charge in [-0.2, -0.15) is 0 Å². The quantitative estimate of drug-likeness (QED) is 0.784. The summed E-state index contributed by atoms with van der Waals surface area (Å²) in [6.45, 7) is 0. The van der Waals surface area contributed by atoms with Gasteiger partial charge in [0.05, 0.1) is 22.9 Å². The van der Waals surface area contributed by atoms with Crippen LogP contribution in [-0.4, -0.2) is 15.1 Å². The molecule has 0 spiro atoms. The Hall–Kier alpha value is -1.85. The average molecular weight is 347 g/mol. The highest BCUT2D eigenvalue weighted by Gasteiger charge is 2.14. The zero-order chi connectivity index (χ0) is 14.8. The molecule has 0 radical (unpaired) electrons. The van der Waals surface area contributed by atoms with Crippen LogP contribution in [0.15, 0.2) is 53.1 Å². The van der Waals surface area contributed by atoms with Crippen LogP contribution in [-0.2, 0) is 6.42 Å². The molecule has 2 aromatic carbocycles. The summed E-state index contributed by atoms with van der Waals surface area (Å²) < 4.78 is 14.5. The lowest BCUT2D eigenvalue weighted by molar-refractivity contribution is 0.172. The number of aliphatic hydroxyl groups is 1. The molecular formula is C16H12BrFN2O. The second-order valence-corrected chi connectivity index (χ2v) is 5.65. The number of para-hydroxylation sites is 2. The summed E-state index contributed by atoms with van der Waals surface area (Å²) in [5.41, 5.74) is 2.37. The van der Waals surface area contributed by atoms with Crippen molar-refractivity contribution in [3.05, 3.63) is 70.2 Å². The van der Waals surface area contributed by atoms with Crippen LogP contribution in [0.1, 0.15) is 17.4 Å². The second kappa shape index (κ2) is 5.87. The van der Waals surface area contributed by atoms with Crippen LogP contribution in [0, 0.1) is 5.82 Å². The fourth-order valence-electron chi connectivity index (χ4n) is 2.13. The number of hydrogen-bond acceptors (Lipinski definition) is 3. The first kappa shape index (κ1) is 14.1. The third-order valence-electron chi connectivity index (χ3n) is 3.24. The lowest BCUT2D eigenvalue weighted by Crippen LogP contribution is -2.06. The molecule has 3 rings (SSSR count). The van der Waals surface area contributed by atoms with Crippen molar-refractivity contribution >= 4 is 27.0 Å². The van der Waals surface area contributed by atoms with Crippen molar-refractivity contribution in [2.24, 2.45) is 0 Å². The van der Waals surface area contributed by atoms with E-state index in [0.717, 1.165) is 5.52 Å². The average Bonchev–Trinajstić information content (AvgIpc) is 2.49. The highest BCUT2D eigenvalue weighted by atomic mass is 79.9. The number of fused-ring (bicyclic) bond motifs is 1. The van der Waals surface area contributed by atoms with Crippen LogP contribution >= 0.6 is 15.9 Å². The molecule has 1 unspecified atom stereocenters. The Morgan fingerprint density at radius 1 is 1.14 bits per heavy atom. The van der Waals surface area contributed by atoms with E-state index in [1.54, 1.807) is 12.1 Å². The van der Waals surface area contributed by atoms with Crippen LogP contribution in [0.5, 0.6) is 0 Å². The first-order chi connectivity index (χ1) is 10.1. The van der Waals surface area contributed by atoms with Gasteiger partial charge in [0.1, 0.15) is 11.9 Å². The molecule has 0 aliphatic rings. The highest BCUT2D eigenvalue weighted by molar-refractivity contribution is 9.10. The molecule has 3 nitrogen and oxygen atoms in total. The molecule has 3 aromatic rings. The van der Waals surface area contributed by atoms with E-state index >= 15 is 0 Å². The van der Waals surface area contributed by atoms with Crippen LogP contribution in [0.4, 0.5) is 4.39 Å². The SMILES string of the molecule is OC(Cc1ccc(Br)cc1F)c1cnc2ccccc2n1. The van der Waals surface area contributed by atoms with Gasteiger partial charge in [-0.1, -0.05) is 34.1 Å². The predicted molar refractivity (Wildman–Crippen MR) is 82.3 cm³/mol. The van der Waals surface area contributed by atoms with Crippen LogP contribution in [0.2, 0.25) is 0 Å². The third-order valence-corrected chi connectivity index (χ3v) is 3.73. The van der Waals surface area contributed by atoms with Crippen molar-refractivity contribution in [1.82, 2.24) is 9.97 Å². The van der Waals surface area contributed by atoms with Crippen molar-refractivity contribution in [1.29, 1.82) is 0 Å². The zero-order valence-electron chi connectivity index (χ0n) is 11.0. The van der Waals surface area contributed by atoms with E-state index in [2.05, 4.69) is 25.9 Å². The first-order valence-electron chi connectivity index (χ1n) is 6.47. The molecule has 21 heavy (non-hydrogen) atoms. The Morgan fingerprint density at radius 2 is 1.90 bits per heavy atom. The lowest BCUT2D eigenvalue weighted by atomic mass is 10.1. The van der Waals surface area contributed by atoms with Gasteiger partial charge in [-0.3, -0.25) is 4.98 Å². The van der Waals surface area contributed by atoms with Crippen LogP contribution < -0.4 is 0 Å². The van der Waals surface area contributed by atoms with Gasteiger partial charge in [-0.05, 0) is 29.8 Å². The van der Waals surface area contributed by atoms with Gasteiger partial charge >= 0.3 is 0 Å². The number of hydrogen-bond donors (Lipinski definition) is 1. The van der Waals surface area contributed by atoms with Gasteiger partial charge in [0.2, 0.25) is 0 Å².